The van der Waals surface area contributed by atoms with Gasteiger partial charge in [-0.3, -0.25) is 9.08 Å². The van der Waals surface area contributed by atoms with E-state index in [-0.39, 0.29) is 12.5 Å². The summed E-state index contributed by atoms with van der Waals surface area (Å²) in [5.74, 6) is 0. The molecule has 0 unspecified atom stereocenters. The molecule has 104 valence electrons. The predicted octanol–water partition coefficient (Wildman–Crippen LogP) is 0.974. The van der Waals surface area contributed by atoms with E-state index in [1.54, 1.807) is 0 Å². The van der Waals surface area contributed by atoms with Crippen molar-refractivity contribution in [2.24, 2.45) is 0 Å². The first-order valence-electron chi connectivity index (χ1n) is 5.83. The molecule has 0 saturated carbocycles. The van der Waals surface area contributed by atoms with Crippen LogP contribution in [0.25, 0.3) is 0 Å². The molecule has 0 aromatic rings. The predicted molar refractivity (Wildman–Crippen MR) is 60.5 cm³/mol. The van der Waals surface area contributed by atoms with Crippen LogP contribution in [0, 0.1) is 0 Å². The number of carbonyl (C=O) groups is 1. The van der Waals surface area contributed by atoms with Gasteiger partial charge < -0.3 is 5.11 Å². The van der Waals surface area contributed by atoms with Crippen LogP contribution in [0.3, 0.4) is 0 Å². The van der Waals surface area contributed by atoms with Crippen LogP contribution in [-0.2, 0) is 14.3 Å². The third kappa shape index (κ3) is 2.59. The van der Waals surface area contributed by atoms with Crippen molar-refractivity contribution in [2.45, 2.75) is 50.0 Å². The van der Waals surface area contributed by atoms with Crippen molar-refractivity contribution in [3.8, 4) is 0 Å². The maximum Gasteiger partial charge on any atom is 0.407 e. The van der Waals surface area contributed by atoms with E-state index < -0.39 is 34.5 Å². The second-order valence-corrected chi connectivity index (χ2v) is 6.46. The van der Waals surface area contributed by atoms with Crippen molar-refractivity contribution in [3.05, 3.63) is 0 Å². The minimum absolute atomic E-state index is 0.0943. The number of amides is 1. The molecule has 0 spiro atoms. The number of halogens is 1. The molecule has 2 rings (SSSR count). The summed E-state index contributed by atoms with van der Waals surface area (Å²) in [4.78, 5) is 12.2. The van der Waals surface area contributed by atoms with Crippen molar-refractivity contribution < 1.29 is 26.9 Å². The van der Waals surface area contributed by atoms with E-state index in [9.17, 15) is 17.6 Å². The average Bonchev–Trinajstić information content (AvgIpc) is 2.23. The fraction of sp³-hybridized carbons (Fsp3) is 0.900. The Morgan fingerprint density at radius 3 is 2.67 bits per heavy atom. The Bertz CT molecular complexity index is 440. The van der Waals surface area contributed by atoms with E-state index in [0.717, 1.165) is 17.6 Å². The zero-order valence-electron chi connectivity index (χ0n) is 9.95. The number of fused-ring (bicyclic) bond motifs is 2. The first-order valence-corrected chi connectivity index (χ1v) is 7.65. The van der Waals surface area contributed by atoms with Gasteiger partial charge in [-0.2, -0.15) is 8.42 Å². The Morgan fingerprint density at radius 1 is 1.44 bits per heavy atom. The van der Waals surface area contributed by atoms with Crippen LogP contribution in [-0.4, -0.2) is 55.1 Å². The summed E-state index contributed by atoms with van der Waals surface area (Å²) in [5.41, 5.74) is 0. The molecule has 0 aromatic carbocycles. The molecule has 6 nitrogen and oxygen atoms in total. The topological polar surface area (TPSA) is 83.9 Å². The van der Waals surface area contributed by atoms with E-state index in [1.807, 2.05) is 0 Å². The number of rotatable bonds is 2. The molecule has 2 saturated heterocycles. The Morgan fingerprint density at radius 2 is 2.11 bits per heavy atom. The van der Waals surface area contributed by atoms with E-state index >= 15 is 0 Å². The van der Waals surface area contributed by atoms with Crippen LogP contribution >= 0.6 is 0 Å². The van der Waals surface area contributed by atoms with Gasteiger partial charge in [-0.05, 0) is 25.7 Å². The summed E-state index contributed by atoms with van der Waals surface area (Å²) in [5, 5.41) is 9.08. The van der Waals surface area contributed by atoms with E-state index in [4.69, 9.17) is 9.29 Å². The lowest BCUT2D eigenvalue weighted by Crippen LogP contribution is -2.62. The number of hydrogen-bond donors (Lipinski definition) is 1. The van der Waals surface area contributed by atoms with Crippen molar-refractivity contribution in [1.29, 1.82) is 0 Å². The minimum Gasteiger partial charge on any atom is -0.465 e. The highest BCUT2D eigenvalue weighted by atomic mass is 32.2. The van der Waals surface area contributed by atoms with Crippen LogP contribution in [0.15, 0.2) is 0 Å². The fourth-order valence-electron chi connectivity index (χ4n) is 2.92. The Balaban J connectivity index is 2.19. The summed E-state index contributed by atoms with van der Waals surface area (Å²) in [6.45, 7) is 0. The van der Waals surface area contributed by atoms with Crippen molar-refractivity contribution in [3.63, 3.8) is 0 Å². The van der Waals surface area contributed by atoms with Gasteiger partial charge in [0, 0.05) is 6.04 Å². The average molecular weight is 281 g/mol. The molecule has 2 bridgehead atoms. The molecular formula is C10H16FNO5S. The summed E-state index contributed by atoms with van der Waals surface area (Å²) < 4.78 is 41.0. The van der Waals surface area contributed by atoms with Crippen LogP contribution in [0.5, 0.6) is 0 Å². The molecule has 2 fully saturated rings. The lowest BCUT2D eigenvalue weighted by molar-refractivity contribution is -0.0596. The van der Waals surface area contributed by atoms with Crippen LogP contribution in [0.1, 0.15) is 25.7 Å². The molecule has 2 aliphatic rings. The molecule has 1 N–H and O–H groups in total. The first-order chi connectivity index (χ1) is 8.29. The molecule has 1 amide bonds. The van der Waals surface area contributed by atoms with Gasteiger partial charge in [0.2, 0.25) is 0 Å². The van der Waals surface area contributed by atoms with Gasteiger partial charge in [-0.1, -0.05) is 0 Å². The normalized spacial score (nSPS) is 36.4. The zero-order chi connectivity index (χ0) is 13.5. The lowest BCUT2D eigenvalue weighted by atomic mass is 9.82. The maximum atomic E-state index is 14.2. The van der Waals surface area contributed by atoms with Gasteiger partial charge in [-0.25, -0.2) is 9.18 Å². The quantitative estimate of drug-likeness (QED) is 0.763. The largest absolute Gasteiger partial charge is 0.465 e. The summed E-state index contributed by atoms with van der Waals surface area (Å²) in [6, 6.07) is -1.14. The number of alkyl halides is 1. The SMILES string of the molecule is CS(=O)(=O)O[C@H]1C[C@H]2CCC[C@@H]([C@@H]1F)N2C(=O)O. The molecule has 0 aromatic heterocycles. The Labute approximate surface area is 105 Å². The lowest BCUT2D eigenvalue weighted by Gasteiger charge is -2.48. The maximum absolute atomic E-state index is 14.2. The Hall–Kier alpha value is -0.890. The number of nitrogens with zero attached hydrogens (tertiary/aromatic N) is 1. The summed E-state index contributed by atoms with van der Waals surface area (Å²) >= 11 is 0. The van der Waals surface area contributed by atoms with Crippen LogP contribution in [0.2, 0.25) is 0 Å². The molecular weight excluding hydrogens is 265 g/mol. The third-order valence-electron chi connectivity index (χ3n) is 3.53. The van der Waals surface area contributed by atoms with Crippen molar-refractivity contribution >= 4 is 16.2 Å². The third-order valence-corrected chi connectivity index (χ3v) is 4.13. The van der Waals surface area contributed by atoms with Crippen molar-refractivity contribution in [1.82, 2.24) is 4.90 Å². The van der Waals surface area contributed by atoms with Crippen LogP contribution in [0.4, 0.5) is 9.18 Å². The van der Waals surface area contributed by atoms with Gasteiger partial charge in [0.15, 0.2) is 0 Å². The summed E-state index contributed by atoms with van der Waals surface area (Å²) in [6.07, 6.45) is -1.04. The standard InChI is InChI=1S/C10H16FNO5S/c1-18(15,16)17-8-5-6-3-2-4-7(9(8)11)12(6)10(13)14/h6-9H,2-5H2,1H3,(H,13,14)/t6-,7+,8+,9+/m1/s1. The molecule has 2 aliphatic heterocycles. The van der Waals surface area contributed by atoms with Gasteiger partial charge in [0.05, 0.1) is 12.3 Å². The van der Waals surface area contributed by atoms with Crippen molar-refractivity contribution in [2.75, 3.05) is 6.26 Å². The summed E-state index contributed by atoms with van der Waals surface area (Å²) in [7, 11) is -3.73. The Kier molecular flexibility index (Phi) is 3.50. The second-order valence-electron chi connectivity index (χ2n) is 4.86. The molecule has 0 aliphatic carbocycles. The van der Waals surface area contributed by atoms with Gasteiger partial charge in [0.1, 0.15) is 12.3 Å². The molecule has 0 radical (unpaired) electrons. The smallest absolute Gasteiger partial charge is 0.407 e. The number of hydrogen-bond acceptors (Lipinski definition) is 4. The molecule has 4 atom stereocenters. The highest BCUT2D eigenvalue weighted by molar-refractivity contribution is 7.86. The molecule has 8 heteroatoms. The minimum atomic E-state index is -3.73. The highest BCUT2D eigenvalue weighted by Crippen LogP contribution is 2.37. The zero-order valence-corrected chi connectivity index (χ0v) is 10.8. The number of piperidine rings is 2. The van der Waals surface area contributed by atoms with Gasteiger partial charge >= 0.3 is 6.09 Å². The molecule has 2 heterocycles. The highest BCUT2D eigenvalue weighted by Gasteiger charge is 2.49. The van der Waals surface area contributed by atoms with E-state index in [1.165, 1.54) is 0 Å². The number of carboxylic acid groups (broad SMARTS) is 1. The van der Waals surface area contributed by atoms with Gasteiger partial charge in [-0.15, -0.1) is 0 Å². The second kappa shape index (κ2) is 4.65. The fourth-order valence-corrected chi connectivity index (χ4v) is 3.55. The van der Waals surface area contributed by atoms with E-state index in [0.29, 0.717) is 12.8 Å². The molecule has 18 heavy (non-hydrogen) atoms. The van der Waals surface area contributed by atoms with E-state index in [2.05, 4.69) is 0 Å². The van der Waals surface area contributed by atoms with Gasteiger partial charge in [0.25, 0.3) is 10.1 Å². The first kappa shape index (κ1) is 13.5. The van der Waals surface area contributed by atoms with Crippen LogP contribution < -0.4 is 0 Å². The monoisotopic (exact) mass is 281 g/mol.